The van der Waals surface area contributed by atoms with Crippen molar-refractivity contribution in [3.05, 3.63) is 11.6 Å². The molecule has 3 saturated carbocycles. The standard InChI is InChI=1S/C36H61NO4/c1-25(2)10-8-11-26(3)30-14-15-31-29-13-12-27-24-28(18-20-35(27,4)32(29)19-21-36(30,31)5)41-34(39)17-16-33(38)40-23-9-22-37(6)7/h12,25-26,28-32H,8-11,13-24H2,1-7H3/t26?,28-,29?,30+,31-,32-,35?,36?/m0/s1. The summed E-state index contributed by atoms with van der Waals surface area (Å²) in [4.78, 5) is 26.7. The molecule has 0 saturated heterocycles. The highest BCUT2D eigenvalue weighted by atomic mass is 16.5. The predicted octanol–water partition coefficient (Wildman–Crippen LogP) is 8.21. The molecule has 4 unspecified atom stereocenters. The third-order valence-electron chi connectivity index (χ3n) is 12.1. The molecule has 0 amide bonds. The first-order valence-corrected chi connectivity index (χ1v) is 17.1. The third kappa shape index (κ3) is 7.60. The number of hydrogen-bond acceptors (Lipinski definition) is 5. The zero-order valence-electron chi connectivity index (χ0n) is 27.5. The summed E-state index contributed by atoms with van der Waals surface area (Å²) in [5, 5.41) is 0. The Morgan fingerprint density at radius 1 is 0.951 bits per heavy atom. The summed E-state index contributed by atoms with van der Waals surface area (Å²) in [6.07, 6.45) is 17.5. The zero-order valence-corrected chi connectivity index (χ0v) is 27.5. The number of esters is 2. The van der Waals surface area contributed by atoms with Crippen molar-refractivity contribution in [3.8, 4) is 0 Å². The smallest absolute Gasteiger partial charge is 0.306 e. The Balaban J connectivity index is 1.28. The van der Waals surface area contributed by atoms with E-state index >= 15 is 0 Å². The van der Waals surface area contributed by atoms with E-state index in [1.54, 1.807) is 5.57 Å². The number of carbonyl (C=O) groups excluding carboxylic acids is 2. The molecule has 0 bridgehead atoms. The van der Waals surface area contributed by atoms with Gasteiger partial charge in [-0.2, -0.15) is 0 Å². The molecule has 0 heterocycles. The zero-order chi connectivity index (χ0) is 29.8. The SMILES string of the molecule is CC(C)CCCC(C)[C@H]1CC[C@H]2C3CC=C4C[C@@H](OC(=O)CCC(=O)OCCCN(C)C)CCC4(C)[C@H]3CCC12C. The first-order valence-electron chi connectivity index (χ1n) is 17.1. The van der Waals surface area contributed by atoms with Gasteiger partial charge in [0.2, 0.25) is 0 Å². The summed E-state index contributed by atoms with van der Waals surface area (Å²) in [5.41, 5.74) is 2.31. The number of nitrogens with zero attached hydrogens (tertiary/aromatic N) is 1. The molecule has 8 atom stereocenters. The van der Waals surface area contributed by atoms with Crippen LogP contribution >= 0.6 is 0 Å². The van der Waals surface area contributed by atoms with Crippen molar-refractivity contribution in [2.45, 2.75) is 131 Å². The van der Waals surface area contributed by atoms with Crippen LogP contribution in [0.4, 0.5) is 0 Å². The van der Waals surface area contributed by atoms with E-state index in [4.69, 9.17) is 9.47 Å². The van der Waals surface area contributed by atoms with Crippen LogP contribution in [0.2, 0.25) is 0 Å². The van der Waals surface area contributed by atoms with Crippen LogP contribution < -0.4 is 0 Å². The number of fused-ring (bicyclic) bond motifs is 5. The van der Waals surface area contributed by atoms with Crippen molar-refractivity contribution in [1.29, 1.82) is 0 Å². The second-order valence-corrected chi connectivity index (χ2v) is 15.5. The molecular formula is C36H61NO4. The monoisotopic (exact) mass is 571 g/mol. The number of allylic oxidation sites excluding steroid dienone is 1. The molecule has 0 aromatic rings. The Kier molecular flexibility index (Phi) is 11.1. The predicted molar refractivity (Wildman–Crippen MR) is 166 cm³/mol. The Morgan fingerprint density at radius 2 is 1.71 bits per heavy atom. The topological polar surface area (TPSA) is 55.8 Å². The van der Waals surface area contributed by atoms with Gasteiger partial charge in [0, 0.05) is 13.0 Å². The maximum absolute atomic E-state index is 12.6. The first kappa shape index (κ1) is 32.6. The molecule has 0 radical (unpaired) electrons. The first-order chi connectivity index (χ1) is 19.4. The minimum Gasteiger partial charge on any atom is -0.466 e. The lowest BCUT2D eigenvalue weighted by Crippen LogP contribution is -2.51. The van der Waals surface area contributed by atoms with Gasteiger partial charge in [0.05, 0.1) is 19.4 Å². The van der Waals surface area contributed by atoms with Crippen LogP contribution in [0.3, 0.4) is 0 Å². The maximum Gasteiger partial charge on any atom is 0.306 e. The third-order valence-corrected chi connectivity index (χ3v) is 12.1. The van der Waals surface area contributed by atoms with Crippen molar-refractivity contribution < 1.29 is 19.1 Å². The summed E-state index contributed by atoms with van der Waals surface area (Å²) in [6.45, 7) is 13.8. The fraction of sp³-hybridized carbons (Fsp3) is 0.889. The van der Waals surface area contributed by atoms with E-state index < -0.39 is 0 Å². The van der Waals surface area contributed by atoms with Crippen molar-refractivity contribution in [2.75, 3.05) is 27.2 Å². The average molecular weight is 572 g/mol. The summed E-state index contributed by atoms with van der Waals surface area (Å²) in [6, 6.07) is 0. The highest BCUT2D eigenvalue weighted by Crippen LogP contribution is 2.67. The Hall–Kier alpha value is -1.36. The molecule has 4 rings (SSSR count). The molecule has 4 aliphatic rings. The van der Waals surface area contributed by atoms with Gasteiger partial charge in [0.25, 0.3) is 0 Å². The minimum absolute atomic E-state index is 0.0501. The van der Waals surface area contributed by atoms with Gasteiger partial charge >= 0.3 is 11.9 Å². The van der Waals surface area contributed by atoms with Gasteiger partial charge < -0.3 is 14.4 Å². The average Bonchev–Trinajstić information content (AvgIpc) is 3.27. The summed E-state index contributed by atoms with van der Waals surface area (Å²) in [7, 11) is 4.00. The van der Waals surface area contributed by atoms with E-state index in [-0.39, 0.29) is 36.3 Å². The molecule has 41 heavy (non-hydrogen) atoms. The molecular weight excluding hydrogens is 510 g/mol. The summed E-state index contributed by atoms with van der Waals surface area (Å²) < 4.78 is 11.2. The highest BCUT2D eigenvalue weighted by molar-refractivity contribution is 5.77. The van der Waals surface area contributed by atoms with E-state index in [9.17, 15) is 9.59 Å². The van der Waals surface area contributed by atoms with Crippen LogP contribution in [-0.4, -0.2) is 50.2 Å². The maximum atomic E-state index is 12.6. The minimum atomic E-state index is -0.304. The van der Waals surface area contributed by atoms with E-state index in [0.29, 0.717) is 12.0 Å². The van der Waals surface area contributed by atoms with Crippen LogP contribution in [0.25, 0.3) is 0 Å². The van der Waals surface area contributed by atoms with E-state index in [0.717, 1.165) is 67.7 Å². The van der Waals surface area contributed by atoms with Gasteiger partial charge in [0.15, 0.2) is 0 Å². The van der Waals surface area contributed by atoms with E-state index in [1.165, 1.54) is 51.4 Å². The van der Waals surface area contributed by atoms with Crippen LogP contribution in [0.15, 0.2) is 11.6 Å². The second-order valence-electron chi connectivity index (χ2n) is 15.5. The number of carbonyl (C=O) groups is 2. The molecule has 0 aliphatic heterocycles. The van der Waals surface area contributed by atoms with Crippen LogP contribution in [0.1, 0.15) is 125 Å². The van der Waals surface area contributed by atoms with Crippen LogP contribution in [-0.2, 0) is 19.1 Å². The fourth-order valence-corrected chi connectivity index (χ4v) is 9.84. The summed E-state index contributed by atoms with van der Waals surface area (Å²) >= 11 is 0. The largest absolute Gasteiger partial charge is 0.466 e. The molecule has 5 nitrogen and oxygen atoms in total. The number of hydrogen-bond donors (Lipinski definition) is 0. The Morgan fingerprint density at radius 3 is 2.44 bits per heavy atom. The molecule has 0 spiro atoms. The van der Waals surface area contributed by atoms with Crippen LogP contribution in [0.5, 0.6) is 0 Å². The van der Waals surface area contributed by atoms with Gasteiger partial charge in [-0.15, -0.1) is 0 Å². The van der Waals surface area contributed by atoms with Crippen molar-refractivity contribution in [3.63, 3.8) is 0 Å². The Labute approximate surface area is 251 Å². The molecule has 5 heteroatoms. The van der Waals surface area contributed by atoms with Gasteiger partial charge in [0.1, 0.15) is 6.10 Å². The van der Waals surface area contributed by atoms with Gasteiger partial charge in [-0.25, -0.2) is 0 Å². The van der Waals surface area contributed by atoms with E-state index in [2.05, 4.69) is 45.6 Å². The number of rotatable bonds is 13. The van der Waals surface area contributed by atoms with Gasteiger partial charge in [-0.1, -0.05) is 65.5 Å². The number of ether oxygens (including phenoxy) is 2. The van der Waals surface area contributed by atoms with Crippen molar-refractivity contribution in [2.24, 2.45) is 46.3 Å². The lowest BCUT2D eigenvalue weighted by atomic mass is 9.47. The fourth-order valence-electron chi connectivity index (χ4n) is 9.84. The summed E-state index contributed by atoms with van der Waals surface area (Å²) in [5.74, 6) is 4.45. The van der Waals surface area contributed by atoms with Gasteiger partial charge in [-0.3, -0.25) is 9.59 Å². The highest BCUT2D eigenvalue weighted by Gasteiger charge is 2.59. The molecule has 0 aromatic carbocycles. The quantitative estimate of drug-likeness (QED) is 0.127. The lowest BCUT2D eigenvalue weighted by Gasteiger charge is -2.58. The van der Waals surface area contributed by atoms with Crippen LogP contribution in [0, 0.1) is 46.3 Å². The molecule has 0 N–H and O–H groups in total. The molecule has 234 valence electrons. The van der Waals surface area contributed by atoms with Crippen molar-refractivity contribution in [1.82, 2.24) is 4.90 Å². The molecule has 3 fully saturated rings. The molecule has 4 aliphatic carbocycles. The second kappa shape index (κ2) is 14.0. The lowest BCUT2D eigenvalue weighted by molar-refractivity contribution is -0.155. The van der Waals surface area contributed by atoms with Gasteiger partial charge in [-0.05, 0) is 112 Å². The van der Waals surface area contributed by atoms with E-state index in [1.807, 2.05) is 14.1 Å². The normalized spacial score (nSPS) is 35.3. The Bertz CT molecular complexity index is 927. The van der Waals surface area contributed by atoms with Crippen molar-refractivity contribution >= 4 is 11.9 Å². The molecule has 0 aromatic heterocycles.